The average molecular weight is 381 g/mol. The molecule has 1 amide bonds. The van der Waals surface area contributed by atoms with Crippen LogP contribution in [-0.2, 0) is 14.3 Å². The summed E-state index contributed by atoms with van der Waals surface area (Å²) in [4.78, 5) is 28.9. The van der Waals surface area contributed by atoms with Crippen molar-refractivity contribution in [2.75, 3.05) is 17.8 Å². The standard InChI is InChI=1S/C20H19N3O3S/c1-2-26-18(24)14-27-20-21-17(13-15-9-5-3-6-10-15)19(25)23(20)22-16-11-7-4-8-12-16/h3-13,22H,2,14H2,1H3/b17-13-. The van der Waals surface area contributed by atoms with Crippen molar-refractivity contribution in [3.05, 3.63) is 71.9 Å². The van der Waals surface area contributed by atoms with Crippen LogP contribution in [0.3, 0.4) is 0 Å². The molecule has 1 aliphatic heterocycles. The zero-order valence-electron chi connectivity index (χ0n) is 14.8. The van der Waals surface area contributed by atoms with E-state index in [1.807, 2.05) is 60.7 Å². The SMILES string of the molecule is CCOC(=O)CSC1=N/C(=C\c2ccccc2)C(=O)N1Nc1ccccc1. The number of amides is 1. The molecule has 0 aliphatic carbocycles. The molecule has 1 aliphatic rings. The van der Waals surface area contributed by atoms with E-state index >= 15 is 0 Å². The van der Waals surface area contributed by atoms with Crippen LogP contribution < -0.4 is 5.43 Å². The molecule has 2 aromatic carbocycles. The minimum Gasteiger partial charge on any atom is -0.465 e. The average Bonchev–Trinajstić information content (AvgIpc) is 2.97. The topological polar surface area (TPSA) is 71.0 Å². The molecule has 0 saturated carbocycles. The van der Waals surface area contributed by atoms with Crippen molar-refractivity contribution in [1.29, 1.82) is 0 Å². The number of aliphatic imine (C=N–C) groups is 1. The molecule has 0 spiro atoms. The molecule has 0 bridgehead atoms. The molecule has 0 aromatic heterocycles. The maximum atomic E-state index is 12.8. The number of carbonyl (C=O) groups is 2. The number of amidine groups is 1. The number of benzene rings is 2. The van der Waals surface area contributed by atoms with Gasteiger partial charge in [0, 0.05) is 0 Å². The van der Waals surface area contributed by atoms with E-state index in [9.17, 15) is 9.59 Å². The fourth-order valence-electron chi connectivity index (χ4n) is 2.37. The number of nitrogens with one attached hydrogen (secondary N) is 1. The number of anilines is 1. The Bertz CT molecular complexity index is 867. The Labute approximate surface area is 161 Å². The second kappa shape index (κ2) is 9.05. The fraction of sp³-hybridized carbons (Fsp3) is 0.150. The van der Waals surface area contributed by atoms with Crippen LogP contribution in [0.15, 0.2) is 71.4 Å². The fourth-order valence-corrected chi connectivity index (χ4v) is 3.12. The maximum Gasteiger partial charge on any atom is 0.316 e. The molecule has 0 unspecified atom stereocenters. The van der Waals surface area contributed by atoms with Crippen LogP contribution in [0.2, 0.25) is 0 Å². The summed E-state index contributed by atoms with van der Waals surface area (Å²) in [7, 11) is 0. The molecular formula is C20H19N3O3S. The molecule has 0 fully saturated rings. The van der Waals surface area contributed by atoms with Crippen molar-refractivity contribution in [2.24, 2.45) is 4.99 Å². The predicted molar refractivity (Wildman–Crippen MR) is 108 cm³/mol. The summed E-state index contributed by atoms with van der Waals surface area (Å²) in [6.45, 7) is 2.07. The van der Waals surface area contributed by atoms with Crippen LogP contribution in [0.1, 0.15) is 12.5 Å². The Morgan fingerprint density at radius 3 is 2.48 bits per heavy atom. The lowest BCUT2D eigenvalue weighted by atomic mass is 10.2. The van der Waals surface area contributed by atoms with E-state index < -0.39 is 0 Å². The van der Waals surface area contributed by atoms with E-state index in [0.717, 1.165) is 23.0 Å². The molecule has 6 nitrogen and oxygen atoms in total. The van der Waals surface area contributed by atoms with Gasteiger partial charge in [-0.05, 0) is 30.7 Å². The molecule has 0 atom stereocenters. The minimum absolute atomic E-state index is 0.0749. The molecule has 1 N–H and O–H groups in total. The number of ether oxygens (including phenoxy) is 1. The van der Waals surface area contributed by atoms with Gasteiger partial charge in [0.15, 0.2) is 5.17 Å². The molecule has 3 rings (SSSR count). The third-order valence-corrected chi connectivity index (χ3v) is 4.48. The van der Waals surface area contributed by atoms with Crippen LogP contribution in [0.25, 0.3) is 6.08 Å². The van der Waals surface area contributed by atoms with Gasteiger partial charge in [-0.2, -0.15) is 5.01 Å². The summed E-state index contributed by atoms with van der Waals surface area (Å²) in [5, 5.41) is 1.76. The molecule has 2 aromatic rings. The van der Waals surface area contributed by atoms with Gasteiger partial charge in [-0.3, -0.25) is 15.0 Å². The summed E-state index contributed by atoms with van der Waals surface area (Å²) < 4.78 is 4.95. The molecule has 1 heterocycles. The quantitative estimate of drug-likeness (QED) is 0.612. The molecule has 138 valence electrons. The van der Waals surface area contributed by atoms with Gasteiger partial charge in [-0.1, -0.05) is 60.3 Å². The zero-order chi connectivity index (χ0) is 19.1. The molecule has 7 heteroatoms. The third kappa shape index (κ3) is 4.98. The van der Waals surface area contributed by atoms with E-state index in [2.05, 4.69) is 10.4 Å². The molecule has 27 heavy (non-hydrogen) atoms. The second-order valence-electron chi connectivity index (χ2n) is 5.55. The zero-order valence-corrected chi connectivity index (χ0v) is 15.6. The molecular weight excluding hydrogens is 362 g/mol. The minimum atomic E-state index is -0.349. The van der Waals surface area contributed by atoms with E-state index in [1.165, 1.54) is 5.01 Å². The first-order valence-corrected chi connectivity index (χ1v) is 9.46. The van der Waals surface area contributed by atoms with Crippen LogP contribution in [0.4, 0.5) is 5.69 Å². The van der Waals surface area contributed by atoms with Gasteiger partial charge in [0.1, 0.15) is 5.70 Å². The Balaban J connectivity index is 1.83. The monoisotopic (exact) mass is 381 g/mol. The summed E-state index contributed by atoms with van der Waals surface area (Å²) in [6, 6.07) is 18.8. The second-order valence-corrected chi connectivity index (χ2v) is 6.49. The van der Waals surface area contributed by atoms with Gasteiger partial charge < -0.3 is 4.74 Å². The highest BCUT2D eigenvalue weighted by Gasteiger charge is 2.31. The number of hydrogen-bond acceptors (Lipinski definition) is 6. The van der Waals surface area contributed by atoms with E-state index in [0.29, 0.717) is 17.5 Å². The summed E-state index contributed by atoms with van der Waals surface area (Å²) in [5.74, 6) is -0.558. The number of nitrogens with zero attached hydrogens (tertiary/aromatic N) is 2. The smallest absolute Gasteiger partial charge is 0.316 e. The van der Waals surface area contributed by atoms with Crippen LogP contribution in [-0.4, -0.2) is 34.4 Å². The first-order chi connectivity index (χ1) is 13.2. The summed E-state index contributed by atoms with van der Waals surface area (Å²) in [6.07, 6.45) is 1.72. The third-order valence-electron chi connectivity index (χ3n) is 3.57. The van der Waals surface area contributed by atoms with Crippen molar-refractivity contribution in [2.45, 2.75) is 6.92 Å². The maximum absolute atomic E-state index is 12.8. The first kappa shape index (κ1) is 18.7. The Hall–Kier alpha value is -3.06. The lowest BCUT2D eigenvalue weighted by Crippen LogP contribution is -2.36. The number of para-hydroxylation sites is 1. The number of hydrogen-bond donors (Lipinski definition) is 1. The number of rotatable bonds is 6. The predicted octanol–water partition coefficient (Wildman–Crippen LogP) is 3.55. The van der Waals surface area contributed by atoms with E-state index in [4.69, 9.17) is 4.74 Å². The normalized spacial score (nSPS) is 15.0. The van der Waals surface area contributed by atoms with Gasteiger partial charge in [-0.25, -0.2) is 4.99 Å². The highest BCUT2D eigenvalue weighted by atomic mass is 32.2. The summed E-state index contributed by atoms with van der Waals surface area (Å²) in [5.41, 5.74) is 4.98. The Morgan fingerprint density at radius 1 is 1.15 bits per heavy atom. The lowest BCUT2D eigenvalue weighted by molar-refractivity contribution is -0.139. The largest absolute Gasteiger partial charge is 0.465 e. The van der Waals surface area contributed by atoms with Crippen LogP contribution >= 0.6 is 11.8 Å². The van der Waals surface area contributed by atoms with Crippen LogP contribution in [0.5, 0.6) is 0 Å². The van der Waals surface area contributed by atoms with Crippen molar-refractivity contribution < 1.29 is 14.3 Å². The molecule has 0 radical (unpaired) electrons. The van der Waals surface area contributed by atoms with Gasteiger partial charge in [0.05, 0.1) is 18.0 Å². The van der Waals surface area contributed by atoms with Crippen LogP contribution in [0, 0.1) is 0 Å². The van der Waals surface area contributed by atoms with Crippen molar-refractivity contribution in [1.82, 2.24) is 5.01 Å². The Kier molecular flexibility index (Phi) is 6.27. The first-order valence-electron chi connectivity index (χ1n) is 8.47. The summed E-state index contributed by atoms with van der Waals surface area (Å²) >= 11 is 1.15. The van der Waals surface area contributed by atoms with E-state index in [1.54, 1.807) is 13.0 Å². The van der Waals surface area contributed by atoms with Crippen molar-refractivity contribution in [3.8, 4) is 0 Å². The Morgan fingerprint density at radius 2 is 1.81 bits per heavy atom. The van der Waals surface area contributed by atoms with Gasteiger partial charge in [0.25, 0.3) is 5.91 Å². The lowest BCUT2D eigenvalue weighted by Gasteiger charge is -2.19. The number of hydrazine groups is 1. The van der Waals surface area contributed by atoms with Crippen molar-refractivity contribution in [3.63, 3.8) is 0 Å². The number of esters is 1. The van der Waals surface area contributed by atoms with Gasteiger partial charge in [0.2, 0.25) is 0 Å². The highest BCUT2D eigenvalue weighted by molar-refractivity contribution is 8.14. The van der Waals surface area contributed by atoms with E-state index in [-0.39, 0.29) is 17.6 Å². The van der Waals surface area contributed by atoms with Gasteiger partial charge in [-0.15, -0.1) is 0 Å². The highest BCUT2D eigenvalue weighted by Crippen LogP contribution is 2.25. The van der Waals surface area contributed by atoms with Gasteiger partial charge >= 0.3 is 5.97 Å². The molecule has 0 saturated heterocycles. The number of carbonyl (C=O) groups excluding carboxylic acids is 2. The van der Waals surface area contributed by atoms with Crippen molar-refractivity contribution >= 4 is 40.6 Å². The number of thioether (sulfide) groups is 1.